The number of carbonyl (C=O) groups is 1. The van der Waals surface area contributed by atoms with Crippen molar-refractivity contribution in [1.82, 2.24) is 0 Å². The van der Waals surface area contributed by atoms with E-state index in [-0.39, 0.29) is 22.9 Å². The van der Waals surface area contributed by atoms with Crippen LogP contribution >= 0.6 is 0 Å². The highest BCUT2D eigenvalue weighted by Crippen LogP contribution is 2.45. The summed E-state index contributed by atoms with van der Waals surface area (Å²) in [6.07, 6.45) is 1.35. The minimum atomic E-state index is -0.378. The lowest BCUT2D eigenvalue weighted by Gasteiger charge is -2.42. The van der Waals surface area contributed by atoms with E-state index in [4.69, 9.17) is 9.47 Å². The number of ether oxygens (including phenoxy) is 2. The summed E-state index contributed by atoms with van der Waals surface area (Å²) in [5, 5.41) is 0. The van der Waals surface area contributed by atoms with Crippen LogP contribution in [0.2, 0.25) is 0 Å². The van der Waals surface area contributed by atoms with E-state index in [9.17, 15) is 4.79 Å². The summed E-state index contributed by atoms with van der Waals surface area (Å²) >= 11 is 0. The summed E-state index contributed by atoms with van der Waals surface area (Å²) in [7, 11) is 0. The third-order valence-corrected chi connectivity index (χ3v) is 4.22. The monoisotopic (exact) mass is 260 g/mol. The van der Waals surface area contributed by atoms with Crippen molar-refractivity contribution in [3.8, 4) is 11.5 Å². The van der Waals surface area contributed by atoms with E-state index in [0.717, 1.165) is 17.9 Å². The predicted octanol–water partition coefficient (Wildman–Crippen LogP) is 3.15. The zero-order valence-electron chi connectivity index (χ0n) is 11.9. The van der Waals surface area contributed by atoms with Gasteiger partial charge in [-0.05, 0) is 33.8 Å². The quantitative estimate of drug-likeness (QED) is 0.819. The highest BCUT2D eigenvalue weighted by atomic mass is 16.5. The van der Waals surface area contributed by atoms with E-state index in [2.05, 4.69) is 19.9 Å². The lowest BCUT2D eigenvalue weighted by Crippen LogP contribution is -2.53. The van der Waals surface area contributed by atoms with Gasteiger partial charge in [-0.15, -0.1) is 0 Å². The van der Waals surface area contributed by atoms with Gasteiger partial charge in [0.1, 0.15) is 17.5 Å². The van der Waals surface area contributed by atoms with Crippen molar-refractivity contribution >= 4 is 5.78 Å². The molecule has 3 heteroatoms. The Morgan fingerprint density at radius 1 is 1.26 bits per heavy atom. The highest BCUT2D eigenvalue weighted by molar-refractivity contribution is 5.91. The van der Waals surface area contributed by atoms with E-state index in [1.807, 2.05) is 26.0 Å². The molecule has 1 atom stereocenters. The second-order valence-corrected chi connectivity index (χ2v) is 6.74. The number of carbonyl (C=O) groups excluding carboxylic acids is 1. The van der Waals surface area contributed by atoms with Gasteiger partial charge in [0.2, 0.25) is 0 Å². The van der Waals surface area contributed by atoms with Gasteiger partial charge in [0.05, 0.1) is 5.41 Å². The Morgan fingerprint density at radius 2 is 2.00 bits per heavy atom. The van der Waals surface area contributed by atoms with Gasteiger partial charge in [-0.2, -0.15) is 0 Å². The SMILES string of the molecule is CC1(C)Cc2cccc(OC3CC(=O)C3(C)C)c2O1. The Morgan fingerprint density at radius 3 is 2.63 bits per heavy atom. The van der Waals surface area contributed by atoms with Crippen molar-refractivity contribution in [2.75, 3.05) is 0 Å². The largest absolute Gasteiger partial charge is 0.485 e. The van der Waals surface area contributed by atoms with Crippen LogP contribution in [0.4, 0.5) is 0 Å². The molecule has 1 saturated carbocycles. The van der Waals surface area contributed by atoms with Gasteiger partial charge in [0.25, 0.3) is 0 Å². The molecule has 1 unspecified atom stereocenters. The van der Waals surface area contributed by atoms with E-state index < -0.39 is 0 Å². The molecular weight excluding hydrogens is 240 g/mol. The number of para-hydroxylation sites is 1. The van der Waals surface area contributed by atoms with Gasteiger partial charge in [0, 0.05) is 18.4 Å². The average Bonchev–Trinajstić information content (AvgIpc) is 2.63. The number of benzene rings is 1. The molecular formula is C16H20O3. The first-order chi connectivity index (χ1) is 8.79. The maximum atomic E-state index is 11.6. The molecule has 0 bridgehead atoms. The second-order valence-electron chi connectivity index (χ2n) is 6.74. The fourth-order valence-corrected chi connectivity index (χ4v) is 2.76. The normalized spacial score (nSPS) is 26.3. The Labute approximate surface area is 113 Å². The van der Waals surface area contributed by atoms with Crippen LogP contribution in [-0.4, -0.2) is 17.5 Å². The van der Waals surface area contributed by atoms with Crippen molar-refractivity contribution in [1.29, 1.82) is 0 Å². The molecule has 0 radical (unpaired) electrons. The molecule has 2 aliphatic rings. The standard InChI is InChI=1S/C16H20O3/c1-15(2)9-10-6-5-7-11(14(10)19-15)18-13-8-12(17)16(13,3)4/h5-7,13H,8-9H2,1-4H3. The lowest BCUT2D eigenvalue weighted by atomic mass is 9.68. The van der Waals surface area contributed by atoms with Crippen LogP contribution in [0.1, 0.15) is 39.7 Å². The number of hydrogen-bond acceptors (Lipinski definition) is 3. The summed E-state index contributed by atoms with van der Waals surface area (Å²) in [5.41, 5.74) is 0.634. The zero-order chi connectivity index (χ0) is 13.8. The maximum absolute atomic E-state index is 11.6. The van der Waals surface area contributed by atoms with Gasteiger partial charge in [-0.3, -0.25) is 4.79 Å². The van der Waals surface area contributed by atoms with Gasteiger partial charge in [-0.1, -0.05) is 12.1 Å². The summed E-state index contributed by atoms with van der Waals surface area (Å²) < 4.78 is 12.0. The molecule has 0 amide bonds. The van der Waals surface area contributed by atoms with Crippen LogP contribution in [-0.2, 0) is 11.2 Å². The van der Waals surface area contributed by atoms with Crippen molar-refractivity contribution in [2.24, 2.45) is 5.41 Å². The van der Waals surface area contributed by atoms with Crippen LogP contribution in [0.25, 0.3) is 0 Å². The van der Waals surface area contributed by atoms with Crippen LogP contribution in [0.5, 0.6) is 11.5 Å². The van der Waals surface area contributed by atoms with E-state index >= 15 is 0 Å². The molecule has 3 rings (SSSR count). The molecule has 19 heavy (non-hydrogen) atoms. The Kier molecular flexibility index (Phi) is 2.47. The maximum Gasteiger partial charge on any atom is 0.165 e. The molecule has 1 aromatic carbocycles. The van der Waals surface area contributed by atoms with Crippen molar-refractivity contribution < 1.29 is 14.3 Å². The van der Waals surface area contributed by atoms with Gasteiger partial charge < -0.3 is 9.47 Å². The smallest absolute Gasteiger partial charge is 0.165 e. The van der Waals surface area contributed by atoms with Crippen molar-refractivity contribution in [2.45, 2.75) is 52.2 Å². The Bertz CT molecular complexity index is 543. The van der Waals surface area contributed by atoms with Crippen LogP contribution in [0.15, 0.2) is 18.2 Å². The third kappa shape index (κ3) is 1.92. The number of hydrogen-bond donors (Lipinski definition) is 0. The molecule has 1 heterocycles. The van der Waals surface area contributed by atoms with E-state index in [1.54, 1.807) is 0 Å². The Balaban J connectivity index is 1.85. The number of Topliss-reactive ketones (excluding diaryl/α,β-unsaturated/α-hetero) is 1. The first-order valence-corrected chi connectivity index (χ1v) is 6.80. The molecule has 0 spiro atoms. The number of fused-ring (bicyclic) bond motifs is 1. The topological polar surface area (TPSA) is 35.5 Å². The molecule has 1 aromatic rings. The van der Waals surface area contributed by atoms with Crippen LogP contribution < -0.4 is 9.47 Å². The fraction of sp³-hybridized carbons (Fsp3) is 0.562. The van der Waals surface area contributed by atoms with Gasteiger partial charge >= 0.3 is 0 Å². The minimum absolute atomic E-state index is 0.0428. The second kappa shape index (κ2) is 3.75. The molecule has 0 saturated heterocycles. The summed E-state index contributed by atoms with van der Waals surface area (Å²) in [6, 6.07) is 6.00. The summed E-state index contributed by atoms with van der Waals surface area (Å²) in [6.45, 7) is 8.04. The third-order valence-electron chi connectivity index (χ3n) is 4.22. The zero-order valence-corrected chi connectivity index (χ0v) is 11.9. The first kappa shape index (κ1) is 12.5. The van der Waals surface area contributed by atoms with Crippen LogP contribution in [0, 0.1) is 5.41 Å². The first-order valence-electron chi connectivity index (χ1n) is 6.80. The lowest BCUT2D eigenvalue weighted by molar-refractivity contribution is -0.148. The van der Waals surface area contributed by atoms with E-state index in [0.29, 0.717) is 6.42 Å². The summed E-state index contributed by atoms with van der Waals surface area (Å²) in [5.74, 6) is 1.89. The molecule has 1 aliphatic heterocycles. The molecule has 1 fully saturated rings. The molecule has 102 valence electrons. The highest BCUT2D eigenvalue weighted by Gasteiger charge is 2.49. The summed E-state index contributed by atoms with van der Waals surface area (Å²) in [4.78, 5) is 11.6. The van der Waals surface area contributed by atoms with E-state index in [1.165, 1.54) is 5.56 Å². The van der Waals surface area contributed by atoms with Crippen molar-refractivity contribution in [3.05, 3.63) is 23.8 Å². The molecule has 0 aromatic heterocycles. The van der Waals surface area contributed by atoms with Crippen molar-refractivity contribution in [3.63, 3.8) is 0 Å². The molecule has 3 nitrogen and oxygen atoms in total. The minimum Gasteiger partial charge on any atom is -0.485 e. The number of rotatable bonds is 2. The predicted molar refractivity (Wildman–Crippen MR) is 72.7 cm³/mol. The van der Waals surface area contributed by atoms with Gasteiger partial charge in [-0.25, -0.2) is 0 Å². The molecule has 1 aliphatic carbocycles. The Hall–Kier alpha value is -1.51. The molecule has 0 N–H and O–H groups in total. The average molecular weight is 260 g/mol. The number of ketones is 1. The van der Waals surface area contributed by atoms with Crippen LogP contribution in [0.3, 0.4) is 0 Å². The van der Waals surface area contributed by atoms with Gasteiger partial charge in [0.15, 0.2) is 11.5 Å². The fourth-order valence-electron chi connectivity index (χ4n) is 2.76.